The van der Waals surface area contributed by atoms with E-state index in [0.717, 1.165) is 17.0 Å². The molecule has 1 aliphatic rings. The Labute approximate surface area is 163 Å². The van der Waals surface area contributed by atoms with E-state index in [1.807, 2.05) is 24.3 Å². The molecular formula is C20H15F2N5O2. The van der Waals surface area contributed by atoms with Gasteiger partial charge in [0.1, 0.15) is 11.6 Å². The van der Waals surface area contributed by atoms with Gasteiger partial charge in [0.25, 0.3) is 5.89 Å². The lowest BCUT2D eigenvalue weighted by Crippen LogP contribution is -2.24. The highest BCUT2D eigenvalue weighted by atomic mass is 19.1. The van der Waals surface area contributed by atoms with Gasteiger partial charge in [-0.3, -0.25) is 9.89 Å². The van der Waals surface area contributed by atoms with E-state index >= 15 is 0 Å². The molecule has 0 bridgehead atoms. The Balaban J connectivity index is 1.35. The highest BCUT2D eigenvalue weighted by Gasteiger charge is 2.34. The van der Waals surface area contributed by atoms with Gasteiger partial charge in [-0.1, -0.05) is 23.4 Å². The van der Waals surface area contributed by atoms with E-state index in [-0.39, 0.29) is 30.7 Å². The van der Waals surface area contributed by atoms with Crippen LogP contribution in [0.25, 0.3) is 22.5 Å². The number of H-pyrrole nitrogens is 1. The summed E-state index contributed by atoms with van der Waals surface area (Å²) in [6, 6.07) is 10.8. The first-order chi connectivity index (χ1) is 14.1. The second-order valence-corrected chi connectivity index (χ2v) is 7.03. The molecule has 0 spiro atoms. The minimum absolute atomic E-state index is 0.124. The number of benzene rings is 2. The molecule has 3 heterocycles. The first kappa shape index (κ1) is 17.5. The van der Waals surface area contributed by atoms with Gasteiger partial charge in [0, 0.05) is 36.9 Å². The molecule has 1 aliphatic heterocycles. The van der Waals surface area contributed by atoms with Crippen molar-refractivity contribution in [2.45, 2.75) is 18.9 Å². The Morgan fingerprint density at radius 1 is 1.17 bits per heavy atom. The average molecular weight is 395 g/mol. The van der Waals surface area contributed by atoms with E-state index in [1.165, 1.54) is 12.1 Å². The van der Waals surface area contributed by atoms with Crippen molar-refractivity contribution in [1.82, 2.24) is 25.2 Å². The number of nitrogens with one attached hydrogen (secondary N) is 1. The van der Waals surface area contributed by atoms with Crippen LogP contribution in [-0.4, -0.2) is 37.7 Å². The number of aromatic nitrogens is 4. The summed E-state index contributed by atoms with van der Waals surface area (Å²) in [6.45, 7) is 0.468. The van der Waals surface area contributed by atoms with Gasteiger partial charge >= 0.3 is 0 Å². The van der Waals surface area contributed by atoms with Gasteiger partial charge in [-0.2, -0.15) is 10.1 Å². The van der Waals surface area contributed by atoms with Gasteiger partial charge in [0.2, 0.25) is 5.91 Å². The molecule has 2 aromatic carbocycles. The van der Waals surface area contributed by atoms with E-state index in [0.29, 0.717) is 23.6 Å². The first-order valence-corrected chi connectivity index (χ1v) is 9.06. The summed E-state index contributed by atoms with van der Waals surface area (Å²) in [4.78, 5) is 18.3. The van der Waals surface area contributed by atoms with Gasteiger partial charge in [-0.25, -0.2) is 8.78 Å². The molecule has 29 heavy (non-hydrogen) atoms. The Bertz CT molecular complexity index is 1200. The lowest BCUT2D eigenvalue weighted by molar-refractivity contribution is -0.128. The van der Waals surface area contributed by atoms with Crippen molar-refractivity contribution in [2.75, 3.05) is 6.54 Å². The van der Waals surface area contributed by atoms with Crippen LogP contribution in [0.5, 0.6) is 0 Å². The smallest absolute Gasteiger partial charge is 0.279 e. The maximum absolute atomic E-state index is 13.4. The minimum atomic E-state index is -0.669. The largest absolute Gasteiger partial charge is 0.338 e. The Kier molecular flexibility index (Phi) is 4.08. The number of fused-ring (bicyclic) bond motifs is 1. The van der Waals surface area contributed by atoms with Gasteiger partial charge in [-0.05, 0) is 23.8 Å². The van der Waals surface area contributed by atoms with Crippen molar-refractivity contribution in [2.24, 2.45) is 0 Å². The lowest BCUT2D eigenvalue weighted by atomic mass is 10.1. The number of carbonyl (C=O) groups is 1. The van der Waals surface area contributed by atoms with E-state index in [1.54, 1.807) is 4.90 Å². The van der Waals surface area contributed by atoms with Crippen LogP contribution in [0.4, 0.5) is 8.78 Å². The standard InChI is InChI=1S/C20H15F2N5O2/c21-13-5-11(6-14(22)8-13)9-27-10-12(7-17(27)28)19-23-20(29-26-19)18-15-3-1-2-4-16(15)24-25-18/h1-6,8,12H,7,9-10H2,(H,24,25). The minimum Gasteiger partial charge on any atom is -0.338 e. The van der Waals surface area contributed by atoms with Crippen molar-refractivity contribution in [3.8, 4) is 11.6 Å². The molecule has 5 rings (SSSR count). The predicted octanol–water partition coefficient (Wildman–Crippen LogP) is 3.41. The van der Waals surface area contributed by atoms with Crippen LogP contribution in [-0.2, 0) is 11.3 Å². The molecule has 0 aliphatic carbocycles. The molecule has 1 unspecified atom stereocenters. The normalized spacial score (nSPS) is 16.8. The second kappa shape index (κ2) is 6.77. The predicted molar refractivity (Wildman–Crippen MR) is 98.5 cm³/mol. The molecule has 7 nitrogen and oxygen atoms in total. The molecule has 2 aromatic heterocycles. The number of nitrogens with zero attached hydrogens (tertiary/aromatic N) is 4. The van der Waals surface area contributed by atoms with Gasteiger partial charge in [-0.15, -0.1) is 0 Å². The number of carbonyl (C=O) groups excluding carboxylic acids is 1. The van der Waals surface area contributed by atoms with Crippen molar-refractivity contribution >= 4 is 16.8 Å². The van der Waals surface area contributed by atoms with Gasteiger partial charge < -0.3 is 9.42 Å². The third kappa shape index (κ3) is 3.24. The van der Waals surface area contributed by atoms with Crippen LogP contribution in [0.3, 0.4) is 0 Å². The number of halogens is 2. The zero-order valence-electron chi connectivity index (χ0n) is 15.1. The summed E-state index contributed by atoms with van der Waals surface area (Å²) in [5.41, 5.74) is 1.80. The fourth-order valence-corrected chi connectivity index (χ4v) is 3.64. The molecular weight excluding hydrogens is 380 g/mol. The summed E-state index contributed by atoms with van der Waals surface area (Å²) in [5, 5.41) is 12.0. The third-order valence-corrected chi connectivity index (χ3v) is 4.99. The van der Waals surface area contributed by atoms with Crippen LogP contribution in [0.2, 0.25) is 0 Å². The zero-order chi connectivity index (χ0) is 20.0. The van der Waals surface area contributed by atoms with Crippen molar-refractivity contribution < 1.29 is 18.1 Å². The second-order valence-electron chi connectivity index (χ2n) is 7.03. The molecule has 1 saturated heterocycles. The maximum atomic E-state index is 13.4. The Hall–Kier alpha value is -3.62. The molecule has 1 N–H and O–H groups in total. The molecule has 0 saturated carbocycles. The zero-order valence-corrected chi connectivity index (χ0v) is 15.1. The maximum Gasteiger partial charge on any atom is 0.279 e. The van der Waals surface area contributed by atoms with Crippen LogP contribution in [0.15, 0.2) is 47.0 Å². The number of aromatic amines is 1. The van der Waals surface area contributed by atoms with E-state index in [2.05, 4.69) is 20.3 Å². The van der Waals surface area contributed by atoms with Crippen molar-refractivity contribution in [3.05, 3.63) is 65.5 Å². The van der Waals surface area contributed by atoms with E-state index in [4.69, 9.17) is 4.52 Å². The summed E-state index contributed by atoms with van der Waals surface area (Å²) in [6.07, 6.45) is 0.206. The molecule has 0 radical (unpaired) electrons. The Morgan fingerprint density at radius 2 is 1.97 bits per heavy atom. The quantitative estimate of drug-likeness (QED) is 0.572. The molecule has 1 atom stereocenters. The molecule has 4 aromatic rings. The SMILES string of the molecule is O=C1CC(c2noc(-c3n[nH]c4ccccc34)n2)CN1Cc1cc(F)cc(F)c1. The monoisotopic (exact) mass is 395 g/mol. The highest BCUT2D eigenvalue weighted by molar-refractivity contribution is 5.90. The average Bonchev–Trinajstić information content (AvgIpc) is 3.39. The summed E-state index contributed by atoms with van der Waals surface area (Å²) < 4.78 is 32.2. The van der Waals surface area contributed by atoms with E-state index < -0.39 is 11.6 Å². The molecule has 146 valence electrons. The number of hydrogen-bond donors (Lipinski definition) is 1. The van der Waals surface area contributed by atoms with Crippen LogP contribution in [0.1, 0.15) is 23.7 Å². The number of para-hydroxylation sites is 1. The fraction of sp³-hybridized carbons (Fsp3) is 0.200. The highest BCUT2D eigenvalue weighted by Crippen LogP contribution is 2.30. The van der Waals surface area contributed by atoms with Gasteiger partial charge in [0.05, 0.1) is 5.52 Å². The van der Waals surface area contributed by atoms with Crippen molar-refractivity contribution in [1.29, 1.82) is 0 Å². The number of likely N-dealkylation sites (tertiary alicyclic amines) is 1. The summed E-state index contributed by atoms with van der Waals surface area (Å²) in [7, 11) is 0. The summed E-state index contributed by atoms with van der Waals surface area (Å²) >= 11 is 0. The molecule has 1 fully saturated rings. The summed E-state index contributed by atoms with van der Waals surface area (Å²) in [5.74, 6) is -1.04. The number of hydrogen-bond acceptors (Lipinski definition) is 5. The first-order valence-electron chi connectivity index (χ1n) is 9.06. The Morgan fingerprint density at radius 3 is 2.79 bits per heavy atom. The van der Waals surface area contributed by atoms with Crippen molar-refractivity contribution in [3.63, 3.8) is 0 Å². The number of rotatable bonds is 4. The fourth-order valence-electron chi connectivity index (χ4n) is 3.64. The van der Waals surface area contributed by atoms with Crippen LogP contribution < -0.4 is 0 Å². The van der Waals surface area contributed by atoms with Crippen LogP contribution >= 0.6 is 0 Å². The topological polar surface area (TPSA) is 87.9 Å². The third-order valence-electron chi connectivity index (χ3n) is 4.99. The van der Waals surface area contributed by atoms with Crippen LogP contribution in [0, 0.1) is 11.6 Å². The van der Waals surface area contributed by atoms with E-state index in [9.17, 15) is 13.6 Å². The molecule has 1 amide bonds. The van der Waals surface area contributed by atoms with Gasteiger partial charge in [0.15, 0.2) is 11.5 Å². The molecule has 9 heteroatoms. The lowest BCUT2D eigenvalue weighted by Gasteiger charge is -2.16. The number of amides is 1.